The highest BCUT2D eigenvalue weighted by molar-refractivity contribution is 7.88. The van der Waals surface area contributed by atoms with Gasteiger partial charge in [0.05, 0.1) is 47.2 Å². The molecule has 6 aromatic rings. The zero-order chi connectivity index (χ0) is 41.8. The first kappa shape index (κ1) is 38.3. The van der Waals surface area contributed by atoms with Gasteiger partial charge >= 0.3 is 0 Å². The Balaban J connectivity index is 1.10. The minimum atomic E-state index is -3.44. The van der Waals surface area contributed by atoms with E-state index in [0.717, 1.165) is 18.6 Å². The van der Waals surface area contributed by atoms with Gasteiger partial charge in [-0.1, -0.05) is 6.07 Å². The van der Waals surface area contributed by atoms with E-state index in [9.17, 15) is 17.6 Å². The van der Waals surface area contributed by atoms with E-state index < -0.39 is 39.6 Å². The number of carbonyl (C=O) groups is 1. The number of amides is 1. The average Bonchev–Trinajstić information content (AvgIpc) is 3.91. The van der Waals surface area contributed by atoms with Crippen LogP contribution in [-0.4, -0.2) is 135 Å². The molecule has 0 aliphatic carbocycles. The molecule has 0 radical (unpaired) electrons. The van der Waals surface area contributed by atoms with Crippen molar-refractivity contribution in [2.45, 2.75) is 56.6 Å². The number of piperazine rings is 1. The van der Waals surface area contributed by atoms with Crippen LogP contribution in [0.5, 0.6) is 0 Å². The fraction of sp³-hybridized carbons (Fsp3) is 0.400. The van der Waals surface area contributed by atoms with Crippen LogP contribution >= 0.6 is 0 Å². The SMILES string of the molecule is CO[C@H]1CN(C)C(=O)[C@@H]2C[C@@H](CN2c2nc(N3C4CC3CN(S(C)(=O)=O)C4)nc3c2cnn3-c2ccc(F)cc2F)Nc2cccc(n2)-c2cc(F)cc3nc(C)n(c23)C1. The zero-order valence-electron chi connectivity index (χ0n) is 33.1. The number of benzene rings is 2. The van der Waals surface area contributed by atoms with Crippen LogP contribution in [0, 0.1) is 24.4 Å². The molecule has 0 spiro atoms. The van der Waals surface area contributed by atoms with Crippen LogP contribution in [0.15, 0.2) is 54.7 Å². The molecule has 312 valence electrons. The van der Waals surface area contributed by atoms with Gasteiger partial charge in [0.25, 0.3) is 0 Å². The average molecular weight is 843 g/mol. The van der Waals surface area contributed by atoms with Crippen molar-refractivity contribution in [3.8, 4) is 16.9 Å². The van der Waals surface area contributed by atoms with Crippen molar-refractivity contribution in [3.63, 3.8) is 0 Å². The Hall–Kier alpha value is -5.86. The van der Waals surface area contributed by atoms with Crippen molar-refractivity contribution in [1.82, 2.24) is 43.5 Å². The van der Waals surface area contributed by atoms with Crippen LogP contribution in [0.1, 0.15) is 18.7 Å². The fourth-order valence-corrected chi connectivity index (χ4v) is 10.2. The number of hydrogen-bond donors (Lipinski definition) is 1. The summed E-state index contributed by atoms with van der Waals surface area (Å²) in [5.74, 6) is -0.439. The van der Waals surface area contributed by atoms with E-state index in [-0.39, 0.29) is 67.5 Å². The van der Waals surface area contributed by atoms with Crippen molar-refractivity contribution in [2.75, 3.05) is 61.7 Å². The molecule has 2 unspecified atom stereocenters. The van der Waals surface area contributed by atoms with E-state index in [0.29, 0.717) is 58.1 Å². The highest BCUT2D eigenvalue weighted by Gasteiger charge is 2.49. The van der Waals surface area contributed by atoms with Gasteiger partial charge in [-0.05, 0) is 50.1 Å². The fourth-order valence-electron chi connectivity index (χ4n) is 9.33. The quantitative estimate of drug-likeness (QED) is 0.269. The van der Waals surface area contributed by atoms with E-state index in [1.54, 1.807) is 19.1 Å². The topological polar surface area (TPSA) is 160 Å². The molecular weight excluding hydrogens is 802 g/mol. The van der Waals surface area contributed by atoms with Gasteiger partial charge in [-0.2, -0.15) is 19.4 Å². The Morgan fingerprint density at radius 1 is 0.900 bits per heavy atom. The molecule has 3 fully saturated rings. The maximum Gasteiger partial charge on any atom is 0.245 e. The summed E-state index contributed by atoms with van der Waals surface area (Å²) in [6.07, 6.45) is 3.27. The number of aryl methyl sites for hydroxylation is 1. The van der Waals surface area contributed by atoms with Gasteiger partial charge in [0, 0.05) is 76.2 Å². The Morgan fingerprint density at radius 3 is 2.45 bits per heavy atom. The second-order valence-corrected chi connectivity index (χ2v) is 18.1. The number of sulfonamides is 1. The molecule has 8 heterocycles. The summed E-state index contributed by atoms with van der Waals surface area (Å²) in [4.78, 5) is 40.0. The first-order valence-electron chi connectivity index (χ1n) is 19.6. The van der Waals surface area contributed by atoms with E-state index in [4.69, 9.17) is 19.7 Å². The molecule has 10 rings (SSSR count). The minimum absolute atomic E-state index is 0.0350. The number of anilines is 3. The van der Waals surface area contributed by atoms with Crippen LogP contribution in [0.4, 0.5) is 30.8 Å². The van der Waals surface area contributed by atoms with Crippen LogP contribution in [-0.2, 0) is 26.1 Å². The van der Waals surface area contributed by atoms with Crippen LogP contribution in [0.25, 0.3) is 39.0 Å². The van der Waals surface area contributed by atoms with Gasteiger partial charge in [0.2, 0.25) is 21.9 Å². The van der Waals surface area contributed by atoms with Gasteiger partial charge in [0.1, 0.15) is 40.8 Å². The third-order valence-electron chi connectivity index (χ3n) is 12.2. The van der Waals surface area contributed by atoms with E-state index in [1.165, 1.54) is 39.6 Å². The van der Waals surface area contributed by atoms with Crippen molar-refractivity contribution in [3.05, 3.63) is 78.0 Å². The number of piperidine rings is 1. The highest BCUT2D eigenvalue weighted by atomic mass is 32.2. The van der Waals surface area contributed by atoms with Gasteiger partial charge < -0.3 is 29.3 Å². The number of likely N-dealkylation sites (N-methyl/N-ethyl adjacent to an activating group) is 1. The number of aromatic nitrogens is 7. The summed E-state index contributed by atoms with van der Waals surface area (Å²) < 4.78 is 80.4. The normalized spacial score (nSPS) is 23.5. The van der Waals surface area contributed by atoms with Crippen molar-refractivity contribution >= 4 is 55.6 Å². The summed E-state index contributed by atoms with van der Waals surface area (Å²) in [6.45, 7) is 3.13. The summed E-state index contributed by atoms with van der Waals surface area (Å²) in [7, 11) is -0.135. The number of imidazole rings is 1. The summed E-state index contributed by atoms with van der Waals surface area (Å²) in [5.41, 5.74) is 2.48. The maximum atomic E-state index is 15.4. The molecule has 4 aliphatic heterocycles. The number of halogens is 3. The summed E-state index contributed by atoms with van der Waals surface area (Å²) in [5, 5.41) is 8.47. The second-order valence-electron chi connectivity index (χ2n) is 16.1. The predicted molar refractivity (Wildman–Crippen MR) is 217 cm³/mol. The van der Waals surface area contributed by atoms with Gasteiger partial charge in [-0.3, -0.25) is 4.79 Å². The third-order valence-corrected chi connectivity index (χ3v) is 13.4. The zero-order valence-corrected chi connectivity index (χ0v) is 33.9. The number of fused-ring (bicyclic) bond motifs is 8. The number of nitrogens with one attached hydrogen (secondary N) is 1. The Bertz CT molecular complexity index is 2830. The minimum Gasteiger partial charge on any atom is -0.378 e. The van der Waals surface area contributed by atoms with Crippen LogP contribution in [0.3, 0.4) is 0 Å². The molecular formula is C40H41F3N12O4S. The van der Waals surface area contributed by atoms with Crippen LogP contribution < -0.4 is 15.1 Å². The number of rotatable bonds is 5. The lowest BCUT2D eigenvalue weighted by Crippen LogP contribution is -2.70. The summed E-state index contributed by atoms with van der Waals surface area (Å²) in [6, 6.07) is 9.97. The standard InChI is InChI=1S/C40H41F3N12O4S/c1-21-45-32-12-23(42)10-28-31-6-5-7-35(47-31)46-24-13-34(39(56)50(2)19-27(59-3)20-52(21)36(28)32)53(16-24)37-29-15-44-55(33-9-8-22(41)11-30(33)43)38(29)49-40(48-37)54-25-14-26(54)18-51(17-25)60(4,57)58/h5-12,15,24-27,34H,13-14,16-20H2,1-4H3,(H,46,47)/t24-,25?,26?,27-,34-/m0/s1. The number of nitrogens with zero attached hydrogens (tertiary/aromatic N) is 11. The summed E-state index contributed by atoms with van der Waals surface area (Å²) >= 11 is 0. The number of hydrogen-bond acceptors (Lipinski definition) is 12. The third kappa shape index (κ3) is 6.38. The lowest BCUT2D eigenvalue weighted by Gasteiger charge is -2.55. The predicted octanol–water partition coefficient (Wildman–Crippen LogP) is 3.72. The largest absolute Gasteiger partial charge is 0.378 e. The molecule has 20 heteroatoms. The Labute approximate surface area is 342 Å². The van der Waals surface area contributed by atoms with Crippen molar-refractivity contribution in [1.29, 1.82) is 0 Å². The number of pyridine rings is 1. The number of methoxy groups -OCH3 is 1. The maximum absolute atomic E-state index is 15.4. The monoisotopic (exact) mass is 842 g/mol. The first-order valence-corrected chi connectivity index (χ1v) is 21.5. The van der Waals surface area contributed by atoms with Gasteiger partial charge in [-0.25, -0.2) is 36.2 Å². The number of ether oxygens (including phenoxy) is 1. The molecule has 1 amide bonds. The molecule has 6 bridgehead atoms. The Kier molecular flexibility index (Phi) is 9.03. The molecule has 4 aliphatic rings. The van der Waals surface area contributed by atoms with Gasteiger partial charge in [0.15, 0.2) is 11.5 Å². The second kappa shape index (κ2) is 14.1. The van der Waals surface area contributed by atoms with E-state index in [1.807, 2.05) is 39.5 Å². The van der Waals surface area contributed by atoms with Crippen LogP contribution in [0.2, 0.25) is 0 Å². The van der Waals surface area contributed by atoms with E-state index in [2.05, 4.69) is 15.4 Å². The molecule has 1 N–H and O–H groups in total. The van der Waals surface area contributed by atoms with Crippen molar-refractivity contribution < 1.29 is 31.1 Å². The molecule has 3 saturated heterocycles. The first-order chi connectivity index (χ1) is 28.7. The lowest BCUT2D eigenvalue weighted by atomic mass is 9.89. The molecule has 16 nitrogen and oxygen atoms in total. The molecule has 60 heavy (non-hydrogen) atoms. The smallest absolute Gasteiger partial charge is 0.245 e. The molecule has 2 aromatic carbocycles. The number of carbonyl (C=O) groups excluding carboxylic acids is 1. The van der Waals surface area contributed by atoms with Gasteiger partial charge in [-0.15, -0.1) is 0 Å². The molecule has 4 aromatic heterocycles. The highest BCUT2D eigenvalue weighted by Crippen LogP contribution is 2.41. The molecule has 5 atom stereocenters. The molecule has 0 saturated carbocycles. The Morgan fingerprint density at radius 2 is 1.70 bits per heavy atom. The van der Waals surface area contributed by atoms with E-state index >= 15 is 8.78 Å². The lowest BCUT2D eigenvalue weighted by molar-refractivity contribution is -0.132. The van der Waals surface area contributed by atoms with Crippen molar-refractivity contribution in [2.24, 2.45) is 0 Å².